The molecule has 2 rings (SSSR count). The first-order valence-electron chi connectivity index (χ1n) is 7.31. The summed E-state index contributed by atoms with van der Waals surface area (Å²) in [6.07, 6.45) is 5.20. The number of benzene rings is 1. The Balaban J connectivity index is 1.94. The van der Waals surface area contributed by atoms with Crippen LogP contribution in [0, 0.1) is 0 Å². The third-order valence-electron chi connectivity index (χ3n) is 3.97. The van der Waals surface area contributed by atoms with Crippen molar-refractivity contribution in [1.82, 2.24) is 10.2 Å². The lowest BCUT2D eigenvalue weighted by Gasteiger charge is -2.34. The van der Waals surface area contributed by atoms with Gasteiger partial charge in [-0.05, 0) is 50.6 Å². The van der Waals surface area contributed by atoms with E-state index in [1.165, 1.54) is 42.3 Å². The minimum absolute atomic E-state index is 0.357. The van der Waals surface area contributed by atoms with E-state index >= 15 is 0 Å². The van der Waals surface area contributed by atoms with Gasteiger partial charge in [0.15, 0.2) is 0 Å². The van der Waals surface area contributed by atoms with Crippen LogP contribution in [0.3, 0.4) is 0 Å². The monoisotopic (exact) mass is 324 g/mol. The molecule has 1 aromatic rings. The third-order valence-corrected chi connectivity index (χ3v) is 4.47. The molecule has 1 heterocycles. The van der Waals surface area contributed by atoms with Gasteiger partial charge < -0.3 is 10.2 Å². The molecule has 1 aliphatic rings. The van der Waals surface area contributed by atoms with Crippen molar-refractivity contribution in [1.29, 1.82) is 0 Å². The number of halogens is 1. The highest BCUT2D eigenvalue weighted by Gasteiger charge is 2.33. The van der Waals surface area contributed by atoms with E-state index in [4.69, 9.17) is 0 Å². The summed E-state index contributed by atoms with van der Waals surface area (Å²) in [4.78, 5) is 2.45. The first-order valence-corrected chi connectivity index (χ1v) is 8.11. The standard InChI is InChI=1S/C16H25BrN2/c1-3-8-16(9-5-10-18-16)13-19(2)12-14-6-4-7-15(17)11-14/h4,6-7,11,18H,3,5,8-10,12-13H2,1-2H3. The van der Waals surface area contributed by atoms with Crippen LogP contribution >= 0.6 is 15.9 Å². The Kier molecular flexibility index (Phi) is 5.43. The third kappa shape index (κ3) is 4.30. The molecule has 0 aromatic heterocycles. The quantitative estimate of drug-likeness (QED) is 0.856. The predicted molar refractivity (Wildman–Crippen MR) is 85.4 cm³/mol. The van der Waals surface area contributed by atoms with Crippen LogP contribution in [0.25, 0.3) is 0 Å². The molecule has 0 spiro atoms. The van der Waals surface area contributed by atoms with E-state index in [0.717, 1.165) is 13.1 Å². The van der Waals surface area contributed by atoms with Crippen molar-refractivity contribution >= 4 is 15.9 Å². The van der Waals surface area contributed by atoms with Gasteiger partial charge >= 0.3 is 0 Å². The molecule has 1 aliphatic heterocycles. The zero-order valence-corrected chi connectivity index (χ0v) is 13.7. The number of nitrogens with one attached hydrogen (secondary N) is 1. The van der Waals surface area contributed by atoms with Crippen LogP contribution < -0.4 is 5.32 Å². The Hall–Kier alpha value is -0.380. The highest BCUT2D eigenvalue weighted by molar-refractivity contribution is 9.10. The fourth-order valence-corrected chi connectivity index (χ4v) is 3.74. The van der Waals surface area contributed by atoms with Gasteiger partial charge in [0.2, 0.25) is 0 Å². The van der Waals surface area contributed by atoms with Gasteiger partial charge in [-0.3, -0.25) is 0 Å². The average molecular weight is 325 g/mol. The Morgan fingerprint density at radius 1 is 1.42 bits per heavy atom. The molecule has 0 radical (unpaired) electrons. The second-order valence-electron chi connectivity index (χ2n) is 5.86. The average Bonchev–Trinajstić information content (AvgIpc) is 2.77. The maximum atomic E-state index is 3.75. The van der Waals surface area contributed by atoms with Gasteiger partial charge in [-0.25, -0.2) is 0 Å². The van der Waals surface area contributed by atoms with E-state index < -0.39 is 0 Å². The van der Waals surface area contributed by atoms with Gasteiger partial charge in [-0.2, -0.15) is 0 Å². The highest BCUT2D eigenvalue weighted by Crippen LogP contribution is 2.26. The first kappa shape index (κ1) is 15.0. The molecule has 19 heavy (non-hydrogen) atoms. The number of hydrogen-bond donors (Lipinski definition) is 1. The topological polar surface area (TPSA) is 15.3 Å². The van der Waals surface area contributed by atoms with E-state index in [-0.39, 0.29) is 0 Å². The lowest BCUT2D eigenvalue weighted by atomic mass is 9.91. The van der Waals surface area contributed by atoms with Crippen molar-refractivity contribution in [3.8, 4) is 0 Å². The highest BCUT2D eigenvalue weighted by atomic mass is 79.9. The van der Waals surface area contributed by atoms with Gasteiger partial charge in [-0.15, -0.1) is 0 Å². The Bertz CT molecular complexity index is 399. The second-order valence-corrected chi connectivity index (χ2v) is 6.78. The zero-order valence-electron chi connectivity index (χ0n) is 12.1. The van der Waals surface area contributed by atoms with E-state index in [1.807, 2.05) is 0 Å². The number of nitrogens with zero attached hydrogens (tertiary/aromatic N) is 1. The number of rotatable bonds is 6. The van der Waals surface area contributed by atoms with Gasteiger partial charge in [-0.1, -0.05) is 41.4 Å². The van der Waals surface area contributed by atoms with Crippen molar-refractivity contribution in [2.75, 3.05) is 20.1 Å². The molecule has 1 aromatic carbocycles. The van der Waals surface area contributed by atoms with E-state index in [9.17, 15) is 0 Å². The molecule has 1 unspecified atom stereocenters. The first-order chi connectivity index (χ1) is 9.13. The summed E-state index contributed by atoms with van der Waals surface area (Å²) in [5.41, 5.74) is 1.73. The number of likely N-dealkylation sites (N-methyl/N-ethyl adjacent to an activating group) is 1. The second kappa shape index (κ2) is 6.87. The molecule has 0 amide bonds. The van der Waals surface area contributed by atoms with Crippen LogP contribution in [-0.2, 0) is 6.54 Å². The van der Waals surface area contributed by atoms with Crippen molar-refractivity contribution < 1.29 is 0 Å². The van der Waals surface area contributed by atoms with Crippen molar-refractivity contribution in [3.05, 3.63) is 34.3 Å². The van der Waals surface area contributed by atoms with Crippen LogP contribution in [0.5, 0.6) is 0 Å². The minimum Gasteiger partial charge on any atom is -0.310 e. The minimum atomic E-state index is 0.357. The van der Waals surface area contributed by atoms with Crippen LogP contribution in [-0.4, -0.2) is 30.6 Å². The van der Waals surface area contributed by atoms with E-state index in [0.29, 0.717) is 5.54 Å². The lowest BCUT2D eigenvalue weighted by Crippen LogP contribution is -2.48. The van der Waals surface area contributed by atoms with Crippen molar-refractivity contribution in [2.45, 2.75) is 44.7 Å². The molecule has 3 heteroatoms. The summed E-state index contributed by atoms with van der Waals surface area (Å²) in [5.74, 6) is 0. The van der Waals surface area contributed by atoms with E-state index in [1.54, 1.807) is 0 Å². The Morgan fingerprint density at radius 3 is 2.89 bits per heavy atom. The van der Waals surface area contributed by atoms with Crippen molar-refractivity contribution in [2.24, 2.45) is 0 Å². The zero-order chi connectivity index (χ0) is 13.7. The SMILES string of the molecule is CCCC1(CN(C)Cc2cccc(Br)c2)CCCN1. The summed E-state index contributed by atoms with van der Waals surface area (Å²) in [6.45, 7) is 5.64. The molecule has 1 atom stereocenters. The summed E-state index contributed by atoms with van der Waals surface area (Å²) in [5, 5.41) is 3.75. The molecule has 0 bridgehead atoms. The molecule has 0 aliphatic carbocycles. The molecule has 106 valence electrons. The normalized spacial score (nSPS) is 23.2. The molecular formula is C16H25BrN2. The summed E-state index contributed by atoms with van der Waals surface area (Å²) >= 11 is 3.54. The molecule has 0 saturated carbocycles. The summed E-state index contributed by atoms with van der Waals surface area (Å²) in [7, 11) is 2.23. The van der Waals surface area contributed by atoms with Crippen molar-refractivity contribution in [3.63, 3.8) is 0 Å². The molecule has 1 N–H and O–H groups in total. The van der Waals surface area contributed by atoms with Gasteiger partial charge in [0, 0.05) is 23.1 Å². The maximum Gasteiger partial charge on any atom is 0.0309 e. The van der Waals surface area contributed by atoms with Crippen LogP contribution in [0.2, 0.25) is 0 Å². The fourth-order valence-electron chi connectivity index (χ4n) is 3.29. The lowest BCUT2D eigenvalue weighted by molar-refractivity contribution is 0.207. The van der Waals surface area contributed by atoms with Crippen LogP contribution in [0.15, 0.2) is 28.7 Å². The van der Waals surface area contributed by atoms with Gasteiger partial charge in [0.25, 0.3) is 0 Å². The van der Waals surface area contributed by atoms with Crippen LogP contribution in [0.4, 0.5) is 0 Å². The smallest absolute Gasteiger partial charge is 0.0309 e. The van der Waals surface area contributed by atoms with Gasteiger partial charge in [0.05, 0.1) is 0 Å². The van der Waals surface area contributed by atoms with Crippen LogP contribution in [0.1, 0.15) is 38.2 Å². The molecule has 1 fully saturated rings. The van der Waals surface area contributed by atoms with E-state index in [2.05, 4.69) is 64.4 Å². The summed E-state index contributed by atoms with van der Waals surface area (Å²) < 4.78 is 1.17. The molecular weight excluding hydrogens is 300 g/mol. The number of hydrogen-bond acceptors (Lipinski definition) is 2. The summed E-state index contributed by atoms with van der Waals surface area (Å²) in [6, 6.07) is 8.62. The fraction of sp³-hybridized carbons (Fsp3) is 0.625. The maximum absolute atomic E-state index is 3.75. The van der Waals surface area contributed by atoms with Gasteiger partial charge in [0.1, 0.15) is 0 Å². The Morgan fingerprint density at radius 2 is 2.26 bits per heavy atom. The Labute approximate surface area is 125 Å². The predicted octanol–water partition coefficient (Wildman–Crippen LogP) is 3.80. The largest absolute Gasteiger partial charge is 0.310 e. The molecule has 1 saturated heterocycles. The molecule has 2 nitrogen and oxygen atoms in total.